The Morgan fingerprint density at radius 2 is 1.83 bits per heavy atom. The summed E-state index contributed by atoms with van der Waals surface area (Å²) in [5.41, 5.74) is 6.99. The Morgan fingerprint density at radius 3 is 2.33 bits per heavy atom. The number of benzene rings is 1. The molecule has 0 saturated carbocycles. The van der Waals surface area contributed by atoms with Gasteiger partial charge in [0.05, 0.1) is 0 Å². The summed E-state index contributed by atoms with van der Waals surface area (Å²) in [5, 5.41) is 0. The van der Waals surface area contributed by atoms with E-state index in [1.165, 1.54) is 12.1 Å². The zero-order valence-corrected chi connectivity index (χ0v) is 10.6. The highest BCUT2D eigenvalue weighted by molar-refractivity contribution is 5.29. The molecule has 0 heterocycles. The van der Waals surface area contributed by atoms with Crippen LogP contribution in [0.15, 0.2) is 24.3 Å². The van der Waals surface area contributed by atoms with Gasteiger partial charge in [0.1, 0.15) is 5.75 Å². The van der Waals surface area contributed by atoms with E-state index < -0.39 is 6.61 Å². The molecule has 2 N–H and O–H groups in total. The first-order chi connectivity index (χ1) is 8.54. The van der Waals surface area contributed by atoms with Crippen molar-refractivity contribution in [3.05, 3.63) is 29.8 Å². The molecule has 5 heteroatoms. The first kappa shape index (κ1) is 14.9. The molecular weight excluding hydrogens is 240 g/mol. The van der Waals surface area contributed by atoms with Crippen molar-refractivity contribution in [3.8, 4) is 5.75 Å². The molecule has 0 aliphatic rings. The molecule has 0 spiro atoms. The predicted octanol–water partition coefficient (Wildman–Crippen LogP) is 2.96. The molecular formula is C13H19F2NO2. The number of rotatable bonds is 7. The molecule has 2 atom stereocenters. The van der Waals surface area contributed by atoms with Gasteiger partial charge in [0, 0.05) is 19.8 Å². The lowest BCUT2D eigenvalue weighted by molar-refractivity contribution is -0.0498. The summed E-state index contributed by atoms with van der Waals surface area (Å²) >= 11 is 0. The van der Waals surface area contributed by atoms with Gasteiger partial charge in [0.2, 0.25) is 0 Å². The van der Waals surface area contributed by atoms with E-state index in [9.17, 15) is 8.78 Å². The number of halogens is 2. The van der Waals surface area contributed by atoms with Crippen LogP contribution in [0, 0.1) is 5.92 Å². The maximum atomic E-state index is 12.0. The molecule has 0 bridgehead atoms. The van der Waals surface area contributed by atoms with Gasteiger partial charge in [0.15, 0.2) is 0 Å². The summed E-state index contributed by atoms with van der Waals surface area (Å²) in [5.74, 6) is 0.400. The highest BCUT2D eigenvalue weighted by Gasteiger charge is 2.15. The molecule has 18 heavy (non-hydrogen) atoms. The van der Waals surface area contributed by atoms with Crippen LogP contribution in [0.4, 0.5) is 8.78 Å². The molecule has 0 aromatic heterocycles. The van der Waals surface area contributed by atoms with Crippen LogP contribution in [0.25, 0.3) is 0 Å². The van der Waals surface area contributed by atoms with Crippen LogP contribution in [-0.4, -0.2) is 20.3 Å². The minimum absolute atomic E-state index is 0.138. The van der Waals surface area contributed by atoms with Crippen LogP contribution in [0.2, 0.25) is 0 Å². The highest BCUT2D eigenvalue weighted by atomic mass is 19.3. The zero-order chi connectivity index (χ0) is 13.5. The molecule has 0 radical (unpaired) electrons. The van der Waals surface area contributed by atoms with E-state index in [2.05, 4.69) is 4.74 Å². The second-order valence-electron chi connectivity index (χ2n) is 4.23. The number of nitrogens with two attached hydrogens (primary N) is 1. The maximum absolute atomic E-state index is 12.0. The van der Waals surface area contributed by atoms with Crippen molar-refractivity contribution in [2.24, 2.45) is 11.7 Å². The normalized spacial score (nSPS) is 14.6. The molecule has 1 aromatic carbocycles. The Balaban J connectivity index is 2.60. The summed E-state index contributed by atoms with van der Waals surface area (Å²) < 4.78 is 33.3. The topological polar surface area (TPSA) is 44.5 Å². The smallest absolute Gasteiger partial charge is 0.387 e. The minimum atomic E-state index is -2.80. The predicted molar refractivity (Wildman–Crippen MR) is 65.7 cm³/mol. The fourth-order valence-corrected chi connectivity index (χ4v) is 1.68. The Morgan fingerprint density at radius 1 is 1.22 bits per heavy atom. The monoisotopic (exact) mass is 259 g/mol. The Kier molecular flexibility index (Phi) is 6.01. The molecule has 3 nitrogen and oxygen atoms in total. The largest absolute Gasteiger partial charge is 0.435 e. The quantitative estimate of drug-likeness (QED) is 0.818. The van der Waals surface area contributed by atoms with E-state index in [0.29, 0.717) is 6.61 Å². The maximum Gasteiger partial charge on any atom is 0.387 e. The van der Waals surface area contributed by atoms with Crippen molar-refractivity contribution in [1.82, 2.24) is 0 Å². The zero-order valence-electron chi connectivity index (χ0n) is 10.6. The van der Waals surface area contributed by atoms with E-state index in [0.717, 1.165) is 12.0 Å². The van der Waals surface area contributed by atoms with Crippen molar-refractivity contribution in [2.75, 3.05) is 13.7 Å². The molecule has 102 valence electrons. The van der Waals surface area contributed by atoms with Crippen molar-refractivity contribution in [2.45, 2.75) is 26.0 Å². The van der Waals surface area contributed by atoms with Crippen LogP contribution < -0.4 is 10.5 Å². The third-order valence-corrected chi connectivity index (χ3v) is 2.88. The molecule has 0 aliphatic carbocycles. The Bertz CT molecular complexity index is 343. The molecule has 0 saturated heterocycles. The second-order valence-corrected chi connectivity index (χ2v) is 4.23. The van der Waals surface area contributed by atoms with E-state index in [1.807, 2.05) is 6.92 Å². The van der Waals surface area contributed by atoms with Crippen molar-refractivity contribution < 1.29 is 18.3 Å². The number of ether oxygens (including phenoxy) is 2. The van der Waals surface area contributed by atoms with Gasteiger partial charge in [-0.1, -0.05) is 19.1 Å². The highest BCUT2D eigenvalue weighted by Crippen LogP contribution is 2.24. The molecule has 2 unspecified atom stereocenters. The fraction of sp³-hybridized carbons (Fsp3) is 0.538. The fourth-order valence-electron chi connectivity index (χ4n) is 1.68. The third kappa shape index (κ3) is 4.58. The van der Waals surface area contributed by atoms with Crippen molar-refractivity contribution >= 4 is 0 Å². The van der Waals surface area contributed by atoms with E-state index in [4.69, 9.17) is 10.5 Å². The molecule has 0 aliphatic heterocycles. The molecule has 1 rings (SSSR count). The minimum Gasteiger partial charge on any atom is -0.435 e. The van der Waals surface area contributed by atoms with Gasteiger partial charge in [-0.15, -0.1) is 0 Å². The summed E-state index contributed by atoms with van der Waals surface area (Å²) in [6.45, 7) is -0.112. The van der Waals surface area contributed by atoms with Crippen LogP contribution in [0.5, 0.6) is 5.75 Å². The van der Waals surface area contributed by atoms with E-state index >= 15 is 0 Å². The lowest BCUT2D eigenvalue weighted by Crippen LogP contribution is -2.20. The third-order valence-electron chi connectivity index (χ3n) is 2.88. The van der Waals surface area contributed by atoms with Crippen LogP contribution in [0.1, 0.15) is 24.9 Å². The number of methoxy groups -OCH3 is 1. The van der Waals surface area contributed by atoms with Gasteiger partial charge < -0.3 is 15.2 Å². The Labute approximate surface area is 106 Å². The summed E-state index contributed by atoms with van der Waals surface area (Å²) in [6, 6.07) is 6.30. The summed E-state index contributed by atoms with van der Waals surface area (Å²) in [7, 11) is 1.65. The second kappa shape index (κ2) is 7.28. The summed E-state index contributed by atoms with van der Waals surface area (Å²) in [6.07, 6.45) is 0.854. The van der Waals surface area contributed by atoms with Gasteiger partial charge >= 0.3 is 6.61 Å². The average Bonchev–Trinajstić information content (AvgIpc) is 2.35. The first-order valence-corrected chi connectivity index (χ1v) is 5.84. The van der Waals surface area contributed by atoms with Crippen molar-refractivity contribution in [3.63, 3.8) is 0 Å². The average molecular weight is 259 g/mol. The SMILES string of the molecule is COCCC(C)C(N)c1ccc(OC(F)F)cc1. The van der Waals surface area contributed by atoms with Gasteiger partial charge in [-0.2, -0.15) is 8.78 Å². The van der Waals surface area contributed by atoms with E-state index in [-0.39, 0.29) is 17.7 Å². The number of hydrogen-bond donors (Lipinski definition) is 1. The molecule has 0 amide bonds. The van der Waals surface area contributed by atoms with Crippen LogP contribution in [0.3, 0.4) is 0 Å². The number of alkyl halides is 2. The van der Waals surface area contributed by atoms with Gasteiger partial charge in [-0.3, -0.25) is 0 Å². The first-order valence-electron chi connectivity index (χ1n) is 5.84. The summed E-state index contributed by atoms with van der Waals surface area (Å²) in [4.78, 5) is 0. The van der Waals surface area contributed by atoms with Crippen molar-refractivity contribution in [1.29, 1.82) is 0 Å². The standard InChI is InChI=1S/C13H19F2NO2/c1-9(7-8-17-2)12(16)10-3-5-11(6-4-10)18-13(14)15/h3-6,9,12-13H,7-8,16H2,1-2H3. The number of hydrogen-bond acceptors (Lipinski definition) is 3. The lowest BCUT2D eigenvalue weighted by Gasteiger charge is -2.20. The molecule has 0 fully saturated rings. The van der Waals surface area contributed by atoms with Gasteiger partial charge in [0.25, 0.3) is 0 Å². The van der Waals surface area contributed by atoms with Crippen LogP contribution >= 0.6 is 0 Å². The van der Waals surface area contributed by atoms with Gasteiger partial charge in [-0.05, 0) is 30.0 Å². The lowest BCUT2D eigenvalue weighted by atomic mass is 9.93. The van der Waals surface area contributed by atoms with Gasteiger partial charge in [-0.25, -0.2) is 0 Å². The van der Waals surface area contributed by atoms with Crippen LogP contribution in [-0.2, 0) is 4.74 Å². The molecule has 1 aromatic rings. The van der Waals surface area contributed by atoms with E-state index in [1.54, 1.807) is 19.2 Å². The Hall–Kier alpha value is -1.20.